The fourth-order valence-corrected chi connectivity index (χ4v) is 1.60. The molecule has 1 aromatic rings. The lowest BCUT2D eigenvalue weighted by molar-refractivity contribution is 0.0457. The summed E-state index contributed by atoms with van der Waals surface area (Å²) in [5.74, 6) is 0. The molecule has 0 radical (unpaired) electrons. The van der Waals surface area contributed by atoms with Crippen molar-refractivity contribution in [3.63, 3.8) is 0 Å². The summed E-state index contributed by atoms with van der Waals surface area (Å²) in [4.78, 5) is 0. The standard InChI is InChI=1S/C12H18BrNO/c1-3-12(15,4-2)9-14-11-7-5-10(13)6-8-11/h5-8,14-15H,3-4,9H2,1-2H3. The van der Waals surface area contributed by atoms with Crippen molar-refractivity contribution in [2.75, 3.05) is 11.9 Å². The Hall–Kier alpha value is -0.540. The number of halogens is 1. The molecule has 0 atom stereocenters. The van der Waals surface area contributed by atoms with Gasteiger partial charge in [0.25, 0.3) is 0 Å². The van der Waals surface area contributed by atoms with Gasteiger partial charge in [-0.05, 0) is 37.1 Å². The molecule has 0 fully saturated rings. The van der Waals surface area contributed by atoms with E-state index in [1.807, 2.05) is 38.1 Å². The first kappa shape index (κ1) is 12.5. The van der Waals surface area contributed by atoms with E-state index >= 15 is 0 Å². The maximum Gasteiger partial charge on any atom is 0.0814 e. The van der Waals surface area contributed by atoms with Crippen molar-refractivity contribution in [3.05, 3.63) is 28.7 Å². The van der Waals surface area contributed by atoms with E-state index in [1.54, 1.807) is 0 Å². The second kappa shape index (κ2) is 5.52. The molecule has 0 spiro atoms. The van der Waals surface area contributed by atoms with Crippen molar-refractivity contribution in [1.82, 2.24) is 0 Å². The molecule has 2 N–H and O–H groups in total. The van der Waals surface area contributed by atoms with Gasteiger partial charge in [-0.25, -0.2) is 0 Å². The normalized spacial score (nSPS) is 11.5. The molecule has 0 unspecified atom stereocenters. The van der Waals surface area contributed by atoms with E-state index in [4.69, 9.17) is 0 Å². The summed E-state index contributed by atoms with van der Waals surface area (Å²) in [6.07, 6.45) is 1.54. The van der Waals surface area contributed by atoms with Crippen molar-refractivity contribution in [2.45, 2.75) is 32.3 Å². The number of hydrogen-bond acceptors (Lipinski definition) is 2. The zero-order valence-corrected chi connectivity index (χ0v) is 10.8. The van der Waals surface area contributed by atoms with Crippen molar-refractivity contribution >= 4 is 21.6 Å². The predicted octanol–water partition coefficient (Wildman–Crippen LogP) is 3.41. The quantitative estimate of drug-likeness (QED) is 0.860. The van der Waals surface area contributed by atoms with Crippen LogP contribution >= 0.6 is 15.9 Å². The SMILES string of the molecule is CCC(O)(CC)CNc1ccc(Br)cc1. The second-order valence-electron chi connectivity index (χ2n) is 3.79. The summed E-state index contributed by atoms with van der Waals surface area (Å²) >= 11 is 3.39. The molecule has 0 aliphatic carbocycles. The number of hydrogen-bond donors (Lipinski definition) is 2. The van der Waals surface area contributed by atoms with Crippen LogP contribution in [0.1, 0.15) is 26.7 Å². The first-order chi connectivity index (χ1) is 7.09. The number of aliphatic hydroxyl groups is 1. The largest absolute Gasteiger partial charge is 0.388 e. The van der Waals surface area contributed by atoms with Gasteiger partial charge in [-0.3, -0.25) is 0 Å². The molecule has 15 heavy (non-hydrogen) atoms. The van der Waals surface area contributed by atoms with Crippen molar-refractivity contribution in [3.8, 4) is 0 Å². The van der Waals surface area contributed by atoms with E-state index in [0.717, 1.165) is 23.0 Å². The number of rotatable bonds is 5. The van der Waals surface area contributed by atoms with E-state index in [1.165, 1.54) is 0 Å². The average molecular weight is 272 g/mol. The summed E-state index contributed by atoms with van der Waals surface area (Å²) in [5.41, 5.74) is 0.450. The molecular weight excluding hydrogens is 254 g/mol. The molecule has 84 valence electrons. The molecule has 2 nitrogen and oxygen atoms in total. The highest BCUT2D eigenvalue weighted by Gasteiger charge is 2.21. The van der Waals surface area contributed by atoms with Gasteiger partial charge >= 0.3 is 0 Å². The molecule has 0 saturated carbocycles. The summed E-state index contributed by atoms with van der Waals surface area (Å²) in [7, 11) is 0. The summed E-state index contributed by atoms with van der Waals surface area (Å²) in [5, 5.41) is 13.3. The molecule has 0 bridgehead atoms. The molecule has 3 heteroatoms. The van der Waals surface area contributed by atoms with Crippen LogP contribution in [-0.4, -0.2) is 17.3 Å². The molecule has 0 amide bonds. The molecular formula is C12H18BrNO. The summed E-state index contributed by atoms with van der Waals surface area (Å²) < 4.78 is 1.06. The van der Waals surface area contributed by atoms with Crippen LogP contribution in [0.25, 0.3) is 0 Å². The number of anilines is 1. The Morgan fingerprint density at radius 2 is 1.73 bits per heavy atom. The lowest BCUT2D eigenvalue weighted by Crippen LogP contribution is -2.35. The Morgan fingerprint density at radius 1 is 1.20 bits per heavy atom. The summed E-state index contributed by atoms with van der Waals surface area (Å²) in [6.45, 7) is 4.61. The van der Waals surface area contributed by atoms with Crippen LogP contribution in [0.5, 0.6) is 0 Å². The molecule has 0 aliphatic rings. The van der Waals surface area contributed by atoms with Gasteiger partial charge in [-0.15, -0.1) is 0 Å². The number of benzene rings is 1. The Morgan fingerprint density at radius 3 is 2.20 bits per heavy atom. The van der Waals surface area contributed by atoms with Crippen LogP contribution < -0.4 is 5.32 Å². The minimum Gasteiger partial charge on any atom is -0.388 e. The molecule has 0 aliphatic heterocycles. The van der Waals surface area contributed by atoms with Crippen LogP contribution in [0.3, 0.4) is 0 Å². The maximum atomic E-state index is 10.1. The Bertz CT molecular complexity index is 293. The highest BCUT2D eigenvalue weighted by molar-refractivity contribution is 9.10. The third-order valence-corrected chi connectivity index (χ3v) is 3.31. The zero-order chi connectivity index (χ0) is 11.3. The van der Waals surface area contributed by atoms with E-state index in [2.05, 4.69) is 21.2 Å². The molecule has 1 aromatic carbocycles. The van der Waals surface area contributed by atoms with Crippen molar-refractivity contribution < 1.29 is 5.11 Å². The fourth-order valence-electron chi connectivity index (χ4n) is 1.33. The monoisotopic (exact) mass is 271 g/mol. The average Bonchev–Trinajstić information content (AvgIpc) is 2.28. The number of nitrogens with one attached hydrogen (secondary N) is 1. The van der Waals surface area contributed by atoms with Crippen LogP contribution in [-0.2, 0) is 0 Å². The van der Waals surface area contributed by atoms with Gasteiger partial charge in [0.1, 0.15) is 0 Å². The van der Waals surface area contributed by atoms with Crippen LogP contribution in [0.4, 0.5) is 5.69 Å². The highest BCUT2D eigenvalue weighted by Crippen LogP contribution is 2.18. The van der Waals surface area contributed by atoms with Gasteiger partial charge in [0, 0.05) is 16.7 Å². The van der Waals surface area contributed by atoms with Gasteiger partial charge in [-0.2, -0.15) is 0 Å². The Kier molecular flexibility index (Phi) is 4.61. The van der Waals surface area contributed by atoms with E-state index in [0.29, 0.717) is 6.54 Å². The molecule has 0 aromatic heterocycles. The first-order valence-corrected chi connectivity index (χ1v) is 6.11. The topological polar surface area (TPSA) is 32.3 Å². The minimum atomic E-state index is -0.590. The summed E-state index contributed by atoms with van der Waals surface area (Å²) in [6, 6.07) is 7.96. The van der Waals surface area contributed by atoms with Gasteiger partial charge in [0.15, 0.2) is 0 Å². The van der Waals surface area contributed by atoms with Gasteiger partial charge in [-0.1, -0.05) is 29.8 Å². The predicted molar refractivity (Wildman–Crippen MR) is 68.2 cm³/mol. The highest BCUT2D eigenvalue weighted by atomic mass is 79.9. The third kappa shape index (κ3) is 3.84. The Balaban J connectivity index is 2.53. The van der Waals surface area contributed by atoms with Crippen LogP contribution in [0, 0.1) is 0 Å². The van der Waals surface area contributed by atoms with E-state index in [-0.39, 0.29) is 0 Å². The van der Waals surface area contributed by atoms with E-state index in [9.17, 15) is 5.11 Å². The second-order valence-corrected chi connectivity index (χ2v) is 4.71. The lowest BCUT2D eigenvalue weighted by atomic mass is 9.97. The lowest BCUT2D eigenvalue weighted by Gasteiger charge is -2.25. The maximum absolute atomic E-state index is 10.1. The zero-order valence-electron chi connectivity index (χ0n) is 9.26. The van der Waals surface area contributed by atoms with Crippen molar-refractivity contribution in [2.24, 2.45) is 0 Å². The van der Waals surface area contributed by atoms with Gasteiger partial charge in [0.2, 0.25) is 0 Å². The minimum absolute atomic E-state index is 0.590. The van der Waals surface area contributed by atoms with Crippen LogP contribution in [0.15, 0.2) is 28.7 Å². The molecule has 0 saturated heterocycles. The van der Waals surface area contributed by atoms with E-state index < -0.39 is 5.60 Å². The Labute approximate surface area is 99.8 Å². The van der Waals surface area contributed by atoms with Crippen molar-refractivity contribution in [1.29, 1.82) is 0 Å². The molecule has 1 rings (SSSR count). The molecule has 0 heterocycles. The smallest absolute Gasteiger partial charge is 0.0814 e. The van der Waals surface area contributed by atoms with Gasteiger partial charge in [0.05, 0.1) is 5.60 Å². The van der Waals surface area contributed by atoms with Gasteiger partial charge < -0.3 is 10.4 Å². The third-order valence-electron chi connectivity index (χ3n) is 2.78. The first-order valence-electron chi connectivity index (χ1n) is 5.31. The fraction of sp³-hybridized carbons (Fsp3) is 0.500. The van der Waals surface area contributed by atoms with Crippen LogP contribution in [0.2, 0.25) is 0 Å².